The average molecular weight is 240 g/mol. The average Bonchev–Trinajstić information content (AvgIpc) is 2.99. The number of rotatable bonds is 5. The summed E-state index contributed by atoms with van der Waals surface area (Å²) < 4.78 is 0. The van der Waals surface area contributed by atoms with Crippen molar-refractivity contribution in [2.24, 2.45) is 5.92 Å². The van der Waals surface area contributed by atoms with Crippen molar-refractivity contribution in [1.29, 1.82) is 0 Å². The van der Waals surface area contributed by atoms with Gasteiger partial charge in [-0.1, -0.05) is 19.8 Å². The van der Waals surface area contributed by atoms with E-state index in [0.29, 0.717) is 11.3 Å². The zero-order chi connectivity index (χ0) is 11.5. The van der Waals surface area contributed by atoms with Gasteiger partial charge in [0, 0.05) is 17.8 Å². The molecule has 0 saturated heterocycles. The lowest BCUT2D eigenvalue weighted by atomic mass is 10.1. The zero-order valence-corrected chi connectivity index (χ0v) is 10.6. The topological polar surface area (TPSA) is 37.8 Å². The molecule has 1 unspecified atom stereocenters. The minimum Gasteiger partial charge on any atom is -0.367 e. The highest BCUT2D eigenvalue weighted by Crippen LogP contribution is 2.34. The summed E-state index contributed by atoms with van der Waals surface area (Å²) in [5.41, 5.74) is 0.906. The molecular formula is C12H18ClN3. The predicted octanol–water partition coefficient (Wildman–Crippen LogP) is 3.43. The van der Waals surface area contributed by atoms with E-state index in [1.807, 2.05) is 13.0 Å². The summed E-state index contributed by atoms with van der Waals surface area (Å²) in [5, 5.41) is 3.77. The molecule has 0 spiro atoms. The van der Waals surface area contributed by atoms with Crippen LogP contribution in [0.2, 0.25) is 5.28 Å². The van der Waals surface area contributed by atoms with Crippen molar-refractivity contribution in [3.05, 3.63) is 17.0 Å². The second-order valence-corrected chi connectivity index (χ2v) is 4.93. The molecule has 0 bridgehead atoms. The number of hydrogen-bond acceptors (Lipinski definition) is 3. The lowest BCUT2D eigenvalue weighted by Crippen LogP contribution is -2.20. The standard InChI is InChI=1S/C12H18ClN3/c1-3-10(7-9-4-5-9)15-11-6-8(2)14-12(13)16-11/h6,9-10H,3-5,7H2,1-2H3,(H,14,15,16). The smallest absolute Gasteiger partial charge is 0.224 e. The van der Waals surface area contributed by atoms with Crippen molar-refractivity contribution in [2.75, 3.05) is 5.32 Å². The fourth-order valence-electron chi connectivity index (χ4n) is 1.90. The highest BCUT2D eigenvalue weighted by Gasteiger charge is 2.24. The van der Waals surface area contributed by atoms with Crippen molar-refractivity contribution < 1.29 is 0 Å². The highest BCUT2D eigenvalue weighted by molar-refractivity contribution is 6.28. The zero-order valence-electron chi connectivity index (χ0n) is 9.83. The first kappa shape index (κ1) is 11.6. The van der Waals surface area contributed by atoms with Gasteiger partial charge in [0.1, 0.15) is 5.82 Å². The van der Waals surface area contributed by atoms with Crippen LogP contribution in [0.15, 0.2) is 6.07 Å². The fraction of sp³-hybridized carbons (Fsp3) is 0.667. The summed E-state index contributed by atoms with van der Waals surface area (Å²) in [5.74, 6) is 1.78. The minimum absolute atomic E-state index is 0.323. The maximum absolute atomic E-state index is 5.83. The molecule has 0 aliphatic heterocycles. The monoisotopic (exact) mass is 239 g/mol. The molecule has 16 heavy (non-hydrogen) atoms. The van der Waals surface area contributed by atoms with Crippen LogP contribution in [0.4, 0.5) is 5.82 Å². The largest absolute Gasteiger partial charge is 0.367 e. The van der Waals surface area contributed by atoms with Gasteiger partial charge in [0.2, 0.25) is 5.28 Å². The SMILES string of the molecule is CCC(CC1CC1)Nc1cc(C)nc(Cl)n1. The normalized spacial score (nSPS) is 17.2. The summed E-state index contributed by atoms with van der Waals surface area (Å²) in [4.78, 5) is 8.25. The van der Waals surface area contributed by atoms with Crippen LogP contribution < -0.4 is 5.32 Å². The van der Waals surface area contributed by atoms with E-state index < -0.39 is 0 Å². The van der Waals surface area contributed by atoms with Gasteiger partial charge in [0.25, 0.3) is 0 Å². The molecule has 1 saturated carbocycles. The van der Waals surface area contributed by atoms with Gasteiger partial charge < -0.3 is 5.32 Å². The van der Waals surface area contributed by atoms with E-state index in [1.165, 1.54) is 19.3 Å². The third-order valence-electron chi connectivity index (χ3n) is 2.99. The molecule has 88 valence electrons. The van der Waals surface area contributed by atoms with Crippen molar-refractivity contribution in [2.45, 2.75) is 45.6 Å². The molecule has 0 aromatic carbocycles. The Morgan fingerprint density at radius 3 is 2.81 bits per heavy atom. The highest BCUT2D eigenvalue weighted by atomic mass is 35.5. The fourth-order valence-corrected chi connectivity index (χ4v) is 2.12. The van der Waals surface area contributed by atoms with E-state index in [-0.39, 0.29) is 0 Å². The molecule has 1 atom stereocenters. The molecule has 1 aliphatic rings. The van der Waals surface area contributed by atoms with Gasteiger partial charge in [-0.25, -0.2) is 9.97 Å². The van der Waals surface area contributed by atoms with E-state index in [4.69, 9.17) is 11.6 Å². The van der Waals surface area contributed by atoms with Crippen LogP contribution in [0.3, 0.4) is 0 Å². The van der Waals surface area contributed by atoms with Gasteiger partial charge in [-0.3, -0.25) is 0 Å². The maximum atomic E-state index is 5.83. The van der Waals surface area contributed by atoms with E-state index in [0.717, 1.165) is 23.9 Å². The number of hydrogen-bond donors (Lipinski definition) is 1. The Bertz CT molecular complexity index is 343. The van der Waals surface area contributed by atoms with Crippen molar-refractivity contribution >= 4 is 17.4 Å². The van der Waals surface area contributed by atoms with Gasteiger partial charge in [-0.15, -0.1) is 0 Å². The van der Waals surface area contributed by atoms with Crippen LogP contribution in [0.25, 0.3) is 0 Å². The number of halogens is 1. The molecule has 3 nitrogen and oxygen atoms in total. The van der Waals surface area contributed by atoms with Crippen LogP contribution in [0.1, 0.15) is 38.3 Å². The van der Waals surface area contributed by atoms with Crippen LogP contribution in [0.5, 0.6) is 0 Å². The van der Waals surface area contributed by atoms with E-state index in [2.05, 4.69) is 22.2 Å². The van der Waals surface area contributed by atoms with Crippen molar-refractivity contribution in [3.8, 4) is 0 Å². The summed E-state index contributed by atoms with van der Waals surface area (Å²) >= 11 is 5.83. The number of nitrogens with one attached hydrogen (secondary N) is 1. The van der Waals surface area contributed by atoms with Crippen LogP contribution >= 0.6 is 11.6 Å². The first-order valence-corrected chi connectivity index (χ1v) is 6.33. The number of aryl methyl sites for hydroxylation is 1. The molecule has 1 aromatic heterocycles. The Hall–Kier alpha value is -0.830. The molecule has 0 radical (unpaired) electrons. The Morgan fingerprint density at radius 2 is 2.25 bits per heavy atom. The third-order valence-corrected chi connectivity index (χ3v) is 3.16. The maximum Gasteiger partial charge on any atom is 0.224 e. The summed E-state index contributed by atoms with van der Waals surface area (Å²) in [6, 6.07) is 2.46. The summed E-state index contributed by atoms with van der Waals surface area (Å²) in [7, 11) is 0. The lowest BCUT2D eigenvalue weighted by molar-refractivity contribution is 0.585. The Morgan fingerprint density at radius 1 is 1.50 bits per heavy atom. The van der Waals surface area contributed by atoms with Gasteiger partial charge >= 0.3 is 0 Å². The summed E-state index contributed by atoms with van der Waals surface area (Å²) in [6.07, 6.45) is 5.15. The van der Waals surface area contributed by atoms with Crippen LogP contribution in [-0.4, -0.2) is 16.0 Å². The number of aromatic nitrogens is 2. The molecule has 0 amide bonds. The van der Waals surface area contributed by atoms with Gasteiger partial charge in [0.05, 0.1) is 0 Å². The third kappa shape index (κ3) is 3.34. The van der Waals surface area contributed by atoms with Gasteiger partial charge in [0.15, 0.2) is 0 Å². The molecule has 4 heteroatoms. The van der Waals surface area contributed by atoms with E-state index in [9.17, 15) is 0 Å². The molecule has 1 heterocycles. The van der Waals surface area contributed by atoms with Crippen LogP contribution in [-0.2, 0) is 0 Å². The predicted molar refractivity (Wildman–Crippen MR) is 66.8 cm³/mol. The first-order chi connectivity index (χ1) is 7.67. The number of anilines is 1. The van der Waals surface area contributed by atoms with Crippen molar-refractivity contribution in [1.82, 2.24) is 9.97 Å². The molecule has 1 fully saturated rings. The second-order valence-electron chi connectivity index (χ2n) is 4.59. The van der Waals surface area contributed by atoms with Gasteiger partial charge in [-0.2, -0.15) is 0 Å². The Labute approximate surface area is 102 Å². The molecular weight excluding hydrogens is 222 g/mol. The van der Waals surface area contributed by atoms with E-state index in [1.54, 1.807) is 0 Å². The Kier molecular flexibility index (Phi) is 3.64. The molecule has 1 N–H and O–H groups in total. The first-order valence-electron chi connectivity index (χ1n) is 5.95. The summed E-state index contributed by atoms with van der Waals surface area (Å²) in [6.45, 7) is 4.14. The lowest BCUT2D eigenvalue weighted by Gasteiger charge is -2.17. The Balaban J connectivity index is 1.99. The van der Waals surface area contributed by atoms with E-state index >= 15 is 0 Å². The minimum atomic E-state index is 0.323. The second kappa shape index (κ2) is 5.00. The van der Waals surface area contributed by atoms with Gasteiger partial charge in [-0.05, 0) is 37.3 Å². The van der Waals surface area contributed by atoms with Crippen molar-refractivity contribution in [3.63, 3.8) is 0 Å². The molecule has 2 rings (SSSR count). The van der Waals surface area contributed by atoms with Crippen LogP contribution in [0, 0.1) is 12.8 Å². The number of nitrogens with zero attached hydrogens (tertiary/aromatic N) is 2. The molecule has 1 aromatic rings. The quantitative estimate of drug-likeness (QED) is 0.800. The molecule has 1 aliphatic carbocycles.